The first-order chi connectivity index (χ1) is 11.7. The van der Waals surface area contributed by atoms with Crippen molar-refractivity contribution in [2.45, 2.75) is 7.79 Å². The third-order valence-electron chi connectivity index (χ3n) is 4.84. The van der Waals surface area contributed by atoms with Gasteiger partial charge in [0.2, 0.25) is 0 Å². The Labute approximate surface area is 189 Å². The van der Waals surface area contributed by atoms with Crippen molar-refractivity contribution in [1.29, 1.82) is 0 Å². The Morgan fingerprint density at radius 3 is 2.58 bits per heavy atom. The number of allylic oxidation sites excluding steroid dienone is 1. The zero-order valence-electron chi connectivity index (χ0n) is 13.5. The van der Waals surface area contributed by atoms with Gasteiger partial charge >= 0.3 is 166 Å². The van der Waals surface area contributed by atoms with Gasteiger partial charge in [0.05, 0.1) is 0 Å². The van der Waals surface area contributed by atoms with Crippen LogP contribution in [-0.2, 0) is 19.7 Å². The van der Waals surface area contributed by atoms with Crippen molar-refractivity contribution in [1.82, 2.24) is 0 Å². The summed E-state index contributed by atoms with van der Waals surface area (Å²) in [5.41, 5.74) is 4.24. The molecule has 1 aliphatic heterocycles. The van der Waals surface area contributed by atoms with Gasteiger partial charge in [0, 0.05) is 0 Å². The zero-order chi connectivity index (χ0) is 16.3. The van der Waals surface area contributed by atoms with Crippen LogP contribution in [0.1, 0.15) is 14.8 Å². The van der Waals surface area contributed by atoms with Gasteiger partial charge in [0.15, 0.2) is 0 Å². The molecule has 0 saturated heterocycles. The van der Waals surface area contributed by atoms with E-state index in [9.17, 15) is 0 Å². The third-order valence-corrected chi connectivity index (χ3v) is 16.6. The fourth-order valence-corrected chi connectivity index (χ4v) is 16.9. The molecule has 5 rings (SSSR count). The maximum atomic E-state index is 6.26. The van der Waals surface area contributed by atoms with Crippen LogP contribution in [0.5, 0.6) is 0 Å². The number of rotatable bonds is 2. The standard InChI is InChI=1S/C11H6BrS.C9H7.2ClH.S.Zr/c12-10-6-8-5-7-3-1-2-4-9(7)11(8)13-10;1-2-5-9-7-3-6-8(9)4-1;;;;/h1-5,10H;1-7H;2*1H;;/q;;;;;+2/p-2. The summed E-state index contributed by atoms with van der Waals surface area (Å²) in [5, 5.41) is 2.73. The molecule has 0 radical (unpaired) electrons. The molecule has 0 saturated carbocycles. The summed E-state index contributed by atoms with van der Waals surface area (Å²) < 4.78 is 2.40. The number of hydrogen-bond donors (Lipinski definition) is 0. The number of benzene rings is 2. The van der Waals surface area contributed by atoms with Crippen LogP contribution in [0.3, 0.4) is 0 Å². The molecule has 2 aliphatic carbocycles. The molecule has 0 fully saturated rings. The minimum absolute atomic E-state index is 0. The average Bonchev–Trinajstić information content (AvgIpc) is 3.25. The van der Waals surface area contributed by atoms with Gasteiger partial charge in [-0.1, -0.05) is 0 Å². The second kappa shape index (κ2) is 8.27. The number of fused-ring (bicyclic) bond motifs is 3. The summed E-state index contributed by atoms with van der Waals surface area (Å²) in [4.78, 5) is 1.43. The van der Waals surface area contributed by atoms with Gasteiger partial charge in [-0.25, -0.2) is 0 Å². The van der Waals surface area contributed by atoms with Crippen molar-refractivity contribution in [3.05, 3.63) is 85.0 Å². The quantitative estimate of drug-likeness (QED) is 0.426. The Bertz CT molecular complexity index is 1090. The molecule has 26 heavy (non-hydrogen) atoms. The van der Waals surface area contributed by atoms with Crippen LogP contribution in [0.25, 0.3) is 17.1 Å². The molecule has 0 amide bonds. The Hall–Kier alpha value is 0.173. The first-order valence-electron chi connectivity index (χ1n) is 7.92. The summed E-state index contributed by atoms with van der Waals surface area (Å²) in [6.07, 6.45) is 7.00. The summed E-state index contributed by atoms with van der Waals surface area (Å²) in [6, 6.07) is 17.4. The van der Waals surface area contributed by atoms with E-state index in [1.165, 1.54) is 32.0 Å². The van der Waals surface area contributed by atoms with Gasteiger partial charge in [0.25, 0.3) is 0 Å². The second-order valence-corrected chi connectivity index (χ2v) is 16.0. The summed E-state index contributed by atoms with van der Waals surface area (Å²) in [7, 11) is 6.26. The Morgan fingerprint density at radius 2 is 1.73 bits per heavy atom. The minimum atomic E-state index is -2.22. The van der Waals surface area contributed by atoms with Crippen LogP contribution in [0.2, 0.25) is 0 Å². The first kappa shape index (κ1) is 20.9. The monoisotopic (exact) mass is 556 g/mol. The Morgan fingerprint density at radius 1 is 1.00 bits per heavy atom. The van der Waals surface area contributed by atoms with Crippen molar-refractivity contribution in [3.63, 3.8) is 0 Å². The van der Waals surface area contributed by atoms with Crippen molar-refractivity contribution in [2.75, 3.05) is 0 Å². The molecule has 6 heteroatoms. The van der Waals surface area contributed by atoms with E-state index in [2.05, 4.69) is 82.7 Å². The molecule has 0 bridgehead atoms. The molecule has 0 N–H and O–H groups in total. The summed E-state index contributed by atoms with van der Waals surface area (Å²) in [5.74, 6) is 0. The predicted molar refractivity (Wildman–Crippen MR) is 107 cm³/mol. The molecule has 2 unspecified atom stereocenters. The summed E-state index contributed by atoms with van der Waals surface area (Å²) in [6.45, 7) is 0. The van der Waals surface area contributed by atoms with Gasteiger partial charge < -0.3 is 24.8 Å². The fraction of sp³-hybridized carbons (Fsp3) is 0.100. The van der Waals surface area contributed by atoms with E-state index in [4.69, 9.17) is 8.86 Å². The van der Waals surface area contributed by atoms with Crippen molar-refractivity contribution >= 4 is 53.6 Å². The average molecular weight is 559 g/mol. The molecule has 0 aromatic heterocycles. The van der Waals surface area contributed by atoms with E-state index in [-0.39, 0.29) is 24.8 Å². The molecule has 2 aromatic carbocycles. The van der Waals surface area contributed by atoms with E-state index < -0.39 is 19.7 Å². The topological polar surface area (TPSA) is 0 Å². The van der Waals surface area contributed by atoms with E-state index in [0.717, 1.165) is 0 Å². The second-order valence-electron chi connectivity index (χ2n) is 6.15. The third kappa shape index (κ3) is 3.25. The fourth-order valence-electron chi connectivity index (χ4n) is 3.70. The van der Waals surface area contributed by atoms with Crippen LogP contribution >= 0.6 is 36.5 Å². The zero-order valence-corrected chi connectivity index (χ0v) is 20.6. The van der Waals surface area contributed by atoms with Crippen molar-refractivity contribution in [3.8, 4) is 0 Å². The number of hydrogen-bond acceptors (Lipinski definition) is 2. The van der Waals surface area contributed by atoms with Crippen LogP contribution < -0.4 is 35.3 Å². The maximum absolute atomic E-state index is 6.26. The van der Waals surface area contributed by atoms with Crippen molar-refractivity contribution < 1.29 is 44.5 Å². The number of thioether (sulfide) groups is 1. The molecule has 0 spiro atoms. The molecule has 0 nitrogen and oxygen atoms in total. The normalized spacial score (nSPS) is 21.0. The number of alkyl halides is 1. The Balaban J connectivity index is 0.000000980. The van der Waals surface area contributed by atoms with E-state index in [1.807, 2.05) is 11.8 Å². The molecular formula is C20H13BrCl2S2Zr. The molecule has 3 aliphatic rings. The predicted octanol–water partition coefficient (Wildman–Crippen LogP) is -1.18. The van der Waals surface area contributed by atoms with Gasteiger partial charge in [-0.2, -0.15) is 0 Å². The Kier molecular flexibility index (Phi) is 6.65. The van der Waals surface area contributed by atoms with E-state index in [0.29, 0.717) is 7.79 Å². The molecule has 2 atom stereocenters. The van der Waals surface area contributed by atoms with Crippen LogP contribution in [0.15, 0.2) is 63.5 Å². The molecule has 1 heterocycles. The van der Waals surface area contributed by atoms with Crippen molar-refractivity contribution in [2.24, 2.45) is 0 Å². The van der Waals surface area contributed by atoms with Gasteiger partial charge in [-0.15, -0.1) is 0 Å². The molecule has 130 valence electrons. The van der Waals surface area contributed by atoms with Crippen LogP contribution in [0.4, 0.5) is 0 Å². The summed E-state index contributed by atoms with van der Waals surface area (Å²) >= 11 is 3.64. The molecular weight excluding hydrogens is 546 g/mol. The van der Waals surface area contributed by atoms with Gasteiger partial charge in [0.1, 0.15) is 0 Å². The molecule has 2 aromatic rings. The SMILES string of the molecule is [Cl-].[Cl-].[S]=[Zr+2]([C]1=C2C=c3ccccc3=C2SC1Br)[CH]1C=Cc2ccccc21. The number of halogens is 3. The van der Waals surface area contributed by atoms with E-state index in [1.54, 1.807) is 3.28 Å². The van der Waals surface area contributed by atoms with Gasteiger partial charge in [-0.05, 0) is 0 Å². The first-order valence-corrected chi connectivity index (χ1v) is 15.8. The van der Waals surface area contributed by atoms with Crippen LogP contribution in [0, 0.1) is 0 Å². The van der Waals surface area contributed by atoms with Crippen LogP contribution in [-0.4, -0.2) is 4.16 Å². The van der Waals surface area contributed by atoms with Gasteiger partial charge in [-0.3, -0.25) is 0 Å². The van der Waals surface area contributed by atoms with E-state index >= 15 is 0 Å².